The van der Waals surface area contributed by atoms with E-state index in [9.17, 15) is 4.79 Å². The number of benzene rings is 2. The molecule has 2 aromatic rings. The van der Waals surface area contributed by atoms with Crippen LogP contribution >= 0.6 is 0 Å². The van der Waals surface area contributed by atoms with Crippen LogP contribution in [0.1, 0.15) is 30.6 Å². The van der Waals surface area contributed by atoms with Gasteiger partial charge in [0.1, 0.15) is 11.5 Å². The second kappa shape index (κ2) is 9.46. The van der Waals surface area contributed by atoms with Crippen molar-refractivity contribution in [2.24, 2.45) is 0 Å². The number of nitrogens with one attached hydrogen (secondary N) is 1. The maximum Gasteiger partial charge on any atom is 0.255 e. The molecule has 0 spiro atoms. The quantitative estimate of drug-likeness (QED) is 0.783. The smallest absolute Gasteiger partial charge is 0.255 e. The third kappa shape index (κ3) is 4.95. The van der Waals surface area contributed by atoms with Crippen molar-refractivity contribution in [3.05, 3.63) is 48.0 Å². The number of amides is 1. The average Bonchev–Trinajstić information content (AvgIpc) is 2.74. The molecular weight excluding hydrogens is 356 g/mol. The Bertz CT molecular complexity index is 803. The molecule has 1 amide bonds. The van der Waals surface area contributed by atoms with Crippen LogP contribution in [-0.4, -0.2) is 45.4 Å². The average molecular weight is 384 g/mol. The molecule has 150 valence electrons. The Labute approximate surface area is 166 Å². The lowest BCUT2D eigenvalue weighted by molar-refractivity contribution is 0.102. The number of carbonyl (C=O) groups is 1. The number of nitrogens with zero attached hydrogens (tertiary/aromatic N) is 1. The summed E-state index contributed by atoms with van der Waals surface area (Å²) in [4.78, 5) is 15.1. The van der Waals surface area contributed by atoms with Crippen molar-refractivity contribution >= 4 is 17.3 Å². The van der Waals surface area contributed by atoms with Crippen LogP contribution in [0.2, 0.25) is 0 Å². The van der Waals surface area contributed by atoms with Crippen molar-refractivity contribution in [2.45, 2.75) is 26.4 Å². The Kier molecular flexibility index (Phi) is 6.76. The van der Waals surface area contributed by atoms with E-state index < -0.39 is 0 Å². The minimum absolute atomic E-state index is 0.101. The zero-order chi connectivity index (χ0) is 19.9. The molecule has 6 nitrogen and oxygen atoms in total. The molecule has 0 aliphatic carbocycles. The number of methoxy groups -OCH3 is 1. The molecule has 1 aliphatic rings. The lowest BCUT2D eigenvalue weighted by atomic mass is 10.1. The highest BCUT2D eigenvalue weighted by Crippen LogP contribution is 2.31. The molecule has 1 fully saturated rings. The topological polar surface area (TPSA) is 60.0 Å². The van der Waals surface area contributed by atoms with Crippen LogP contribution in [0.5, 0.6) is 11.5 Å². The predicted molar refractivity (Wildman–Crippen MR) is 111 cm³/mol. The van der Waals surface area contributed by atoms with E-state index in [-0.39, 0.29) is 12.0 Å². The molecular formula is C22H28N2O4. The highest BCUT2D eigenvalue weighted by molar-refractivity contribution is 6.06. The van der Waals surface area contributed by atoms with Crippen LogP contribution in [0, 0.1) is 0 Å². The minimum atomic E-state index is -0.183. The van der Waals surface area contributed by atoms with Gasteiger partial charge in [0.2, 0.25) is 0 Å². The maximum atomic E-state index is 12.9. The number of morpholine rings is 1. The molecule has 1 saturated heterocycles. The highest BCUT2D eigenvalue weighted by atomic mass is 16.5. The van der Waals surface area contributed by atoms with Crippen molar-refractivity contribution in [1.29, 1.82) is 0 Å². The first-order valence-electron chi connectivity index (χ1n) is 9.69. The largest absolute Gasteiger partial charge is 0.497 e. The summed E-state index contributed by atoms with van der Waals surface area (Å²) in [7, 11) is 1.62. The van der Waals surface area contributed by atoms with Crippen molar-refractivity contribution < 1.29 is 19.0 Å². The Morgan fingerprint density at radius 3 is 2.68 bits per heavy atom. The molecule has 0 aromatic heterocycles. The molecule has 0 radical (unpaired) electrons. The van der Waals surface area contributed by atoms with Crippen molar-refractivity contribution in [1.82, 2.24) is 0 Å². The molecule has 2 aromatic carbocycles. The molecule has 1 atom stereocenters. The molecule has 0 bridgehead atoms. The zero-order valence-electron chi connectivity index (χ0n) is 16.7. The summed E-state index contributed by atoms with van der Waals surface area (Å²) >= 11 is 0. The van der Waals surface area contributed by atoms with Crippen molar-refractivity contribution in [3.63, 3.8) is 0 Å². The Morgan fingerprint density at radius 2 is 1.96 bits per heavy atom. The lowest BCUT2D eigenvalue weighted by Crippen LogP contribution is -2.36. The van der Waals surface area contributed by atoms with Gasteiger partial charge in [0, 0.05) is 24.7 Å². The predicted octanol–water partition coefficient (Wildman–Crippen LogP) is 3.96. The number of hydrogen-bond acceptors (Lipinski definition) is 5. The van der Waals surface area contributed by atoms with Gasteiger partial charge in [-0.05, 0) is 43.7 Å². The summed E-state index contributed by atoms with van der Waals surface area (Å²) in [6.07, 6.45) is 1.01. The number of hydrogen-bond donors (Lipinski definition) is 1. The van der Waals surface area contributed by atoms with Gasteiger partial charge in [0.15, 0.2) is 0 Å². The Hall–Kier alpha value is -2.73. The van der Waals surface area contributed by atoms with E-state index in [2.05, 4.69) is 17.1 Å². The van der Waals surface area contributed by atoms with Gasteiger partial charge in [-0.2, -0.15) is 0 Å². The third-order valence-corrected chi connectivity index (χ3v) is 4.81. The van der Waals surface area contributed by atoms with E-state index in [1.165, 1.54) is 0 Å². The van der Waals surface area contributed by atoms with Gasteiger partial charge in [-0.15, -0.1) is 0 Å². The van der Waals surface area contributed by atoms with E-state index in [0.717, 1.165) is 30.9 Å². The second-order valence-electron chi connectivity index (χ2n) is 6.80. The monoisotopic (exact) mass is 384 g/mol. The molecule has 1 heterocycles. The van der Waals surface area contributed by atoms with Gasteiger partial charge < -0.3 is 24.4 Å². The van der Waals surface area contributed by atoms with Gasteiger partial charge in [0.25, 0.3) is 5.91 Å². The molecule has 0 saturated carbocycles. The highest BCUT2D eigenvalue weighted by Gasteiger charge is 2.18. The van der Waals surface area contributed by atoms with Crippen molar-refractivity contribution in [2.75, 3.05) is 43.6 Å². The third-order valence-electron chi connectivity index (χ3n) is 4.81. The number of ether oxygens (including phenoxy) is 3. The van der Waals surface area contributed by atoms with E-state index in [1.807, 2.05) is 37.3 Å². The summed E-state index contributed by atoms with van der Waals surface area (Å²) in [6, 6.07) is 13.0. The fourth-order valence-corrected chi connectivity index (χ4v) is 3.04. The molecule has 1 N–H and O–H groups in total. The van der Waals surface area contributed by atoms with E-state index >= 15 is 0 Å². The molecule has 6 heteroatoms. The van der Waals surface area contributed by atoms with Crippen LogP contribution < -0.4 is 19.7 Å². The standard InChI is InChI=1S/C22H28N2O4/c1-4-16(2)28-19-7-5-6-17(14-19)22(25)23-20-15-18(26-3)8-9-21(20)24-10-12-27-13-11-24/h5-9,14-16H,4,10-13H2,1-3H3,(H,23,25)/t16-/m0/s1. The van der Waals surface area contributed by atoms with Gasteiger partial charge in [-0.25, -0.2) is 0 Å². The van der Waals surface area contributed by atoms with E-state index in [1.54, 1.807) is 19.2 Å². The number of rotatable bonds is 7. The summed E-state index contributed by atoms with van der Waals surface area (Å²) < 4.78 is 16.6. The van der Waals surface area contributed by atoms with Gasteiger partial charge in [-0.1, -0.05) is 13.0 Å². The van der Waals surface area contributed by atoms with Gasteiger partial charge in [0.05, 0.1) is 37.8 Å². The van der Waals surface area contributed by atoms with Crippen LogP contribution in [-0.2, 0) is 4.74 Å². The lowest BCUT2D eigenvalue weighted by Gasteiger charge is -2.30. The summed E-state index contributed by atoms with van der Waals surface area (Å²) in [5.74, 6) is 1.21. The SMILES string of the molecule is CC[C@H](C)Oc1cccc(C(=O)Nc2cc(OC)ccc2N2CCOCC2)c1. The van der Waals surface area contributed by atoms with Gasteiger partial charge in [-0.3, -0.25) is 4.79 Å². The molecule has 0 unspecified atom stereocenters. The van der Waals surface area contributed by atoms with Crippen LogP contribution in [0.15, 0.2) is 42.5 Å². The fraction of sp³-hybridized carbons (Fsp3) is 0.409. The van der Waals surface area contributed by atoms with Crippen LogP contribution in [0.3, 0.4) is 0 Å². The van der Waals surface area contributed by atoms with Gasteiger partial charge >= 0.3 is 0 Å². The second-order valence-corrected chi connectivity index (χ2v) is 6.80. The minimum Gasteiger partial charge on any atom is -0.497 e. The van der Waals surface area contributed by atoms with Crippen LogP contribution in [0.25, 0.3) is 0 Å². The Balaban J connectivity index is 1.82. The first kappa shape index (κ1) is 20.0. The van der Waals surface area contributed by atoms with Crippen molar-refractivity contribution in [3.8, 4) is 11.5 Å². The summed E-state index contributed by atoms with van der Waals surface area (Å²) in [6.45, 7) is 7.00. The molecule has 28 heavy (non-hydrogen) atoms. The van der Waals surface area contributed by atoms with Crippen LogP contribution in [0.4, 0.5) is 11.4 Å². The first-order valence-corrected chi connectivity index (χ1v) is 9.69. The van der Waals surface area contributed by atoms with E-state index in [4.69, 9.17) is 14.2 Å². The maximum absolute atomic E-state index is 12.9. The summed E-state index contributed by atoms with van der Waals surface area (Å²) in [5.41, 5.74) is 2.24. The Morgan fingerprint density at radius 1 is 1.18 bits per heavy atom. The zero-order valence-corrected chi connectivity index (χ0v) is 16.7. The fourth-order valence-electron chi connectivity index (χ4n) is 3.04. The van der Waals surface area contributed by atoms with E-state index in [0.29, 0.717) is 30.3 Å². The molecule has 3 rings (SSSR count). The normalized spacial score (nSPS) is 15.0. The number of anilines is 2. The summed E-state index contributed by atoms with van der Waals surface area (Å²) in [5, 5.41) is 3.04. The first-order chi connectivity index (χ1) is 13.6. The number of carbonyl (C=O) groups excluding carboxylic acids is 1. The molecule has 1 aliphatic heterocycles.